The first-order valence-electron chi connectivity index (χ1n) is 13.1. The average molecular weight is 536 g/mol. The highest BCUT2D eigenvalue weighted by atomic mass is 19.4. The molecule has 0 atom stereocenters. The van der Waals surface area contributed by atoms with Crippen molar-refractivity contribution in [2.45, 2.75) is 44.8 Å². The predicted molar refractivity (Wildman–Crippen MR) is 135 cm³/mol. The van der Waals surface area contributed by atoms with Gasteiger partial charge >= 0.3 is 6.18 Å². The van der Waals surface area contributed by atoms with Crippen molar-refractivity contribution in [3.05, 3.63) is 53.2 Å². The van der Waals surface area contributed by atoms with E-state index >= 15 is 0 Å². The van der Waals surface area contributed by atoms with Gasteiger partial charge in [0, 0.05) is 43.9 Å². The van der Waals surface area contributed by atoms with Gasteiger partial charge in [-0.1, -0.05) is 0 Å². The average Bonchev–Trinajstić information content (AvgIpc) is 3.28. The quantitative estimate of drug-likeness (QED) is 0.515. The lowest BCUT2D eigenvalue weighted by atomic mass is 9.96. The minimum atomic E-state index is -4.77. The number of likely N-dealkylation sites (tertiary alicyclic amines) is 1. The number of rotatable bonds is 8. The second-order valence-corrected chi connectivity index (χ2v) is 9.88. The van der Waals surface area contributed by atoms with Crippen LogP contribution >= 0.6 is 0 Å². The Bertz CT molecular complexity index is 1200. The molecule has 0 spiro atoms. The number of alkyl halides is 3. The Balaban J connectivity index is 1.33. The van der Waals surface area contributed by atoms with Crippen LogP contribution in [0.4, 0.5) is 17.6 Å². The molecule has 1 aromatic carbocycles. The molecule has 2 aromatic rings. The summed E-state index contributed by atoms with van der Waals surface area (Å²) in [5, 5.41) is 4.21. The number of halogens is 4. The third-order valence-corrected chi connectivity index (χ3v) is 7.42. The van der Waals surface area contributed by atoms with E-state index in [-0.39, 0.29) is 11.5 Å². The molecule has 8 nitrogen and oxygen atoms in total. The molecule has 38 heavy (non-hydrogen) atoms. The van der Waals surface area contributed by atoms with E-state index in [1.54, 1.807) is 6.34 Å². The van der Waals surface area contributed by atoms with Crippen molar-refractivity contribution in [3.8, 4) is 11.3 Å². The molecule has 0 saturated carbocycles. The number of hydrazine groups is 1. The Hall–Kier alpha value is -3.12. The zero-order chi connectivity index (χ0) is 26.9. The molecular weight excluding hydrogens is 502 g/mol. The third-order valence-electron chi connectivity index (χ3n) is 7.42. The van der Waals surface area contributed by atoms with Crippen LogP contribution in [0.15, 0.2) is 41.0 Å². The van der Waals surface area contributed by atoms with Crippen molar-refractivity contribution in [2.24, 2.45) is 10.7 Å². The van der Waals surface area contributed by atoms with E-state index in [9.17, 15) is 17.6 Å². The zero-order valence-electron chi connectivity index (χ0n) is 21.4. The molecule has 5 rings (SSSR count). The fourth-order valence-electron chi connectivity index (χ4n) is 5.15. The Morgan fingerprint density at radius 2 is 1.87 bits per heavy atom. The van der Waals surface area contributed by atoms with Crippen molar-refractivity contribution in [3.63, 3.8) is 0 Å². The molecule has 0 unspecified atom stereocenters. The van der Waals surface area contributed by atoms with E-state index in [4.69, 9.17) is 15.5 Å². The molecule has 0 bridgehead atoms. The molecule has 206 valence electrons. The number of nitrogens with zero attached hydrogens (tertiary/aromatic N) is 6. The van der Waals surface area contributed by atoms with Gasteiger partial charge in [-0.25, -0.2) is 19.4 Å². The molecule has 2 N–H and O–H groups in total. The van der Waals surface area contributed by atoms with Crippen LogP contribution in [0.25, 0.3) is 11.3 Å². The Morgan fingerprint density at radius 3 is 2.53 bits per heavy atom. The lowest BCUT2D eigenvalue weighted by Crippen LogP contribution is -2.48. The lowest BCUT2D eigenvalue weighted by molar-refractivity contribution is -0.139. The number of piperidine rings is 1. The van der Waals surface area contributed by atoms with E-state index in [2.05, 4.69) is 19.5 Å². The van der Waals surface area contributed by atoms with E-state index in [1.807, 2.05) is 18.1 Å². The van der Waals surface area contributed by atoms with Gasteiger partial charge in [-0.2, -0.15) is 13.2 Å². The minimum absolute atomic E-state index is 0.146. The number of aromatic nitrogens is 2. The molecule has 4 heterocycles. The van der Waals surface area contributed by atoms with Crippen LogP contribution in [0.2, 0.25) is 0 Å². The van der Waals surface area contributed by atoms with E-state index in [1.165, 1.54) is 12.5 Å². The summed E-state index contributed by atoms with van der Waals surface area (Å²) >= 11 is 0. The zero-order valence-corrected chi connectivity index (χ0v) is 21.4. The van der Waals surface area contributed by atoms with E-state index < -0.39 is 17.6 Å². The first-order valence-corrected chi connectivity index (χ1v) is 13.1. The van der Waals surface area contributed by atoms with Crippen molar-refractivity contribution >= 4 is 6.34 Å². The Morgan fingerprint density at radius 1 is 1.11 bits per heavy atom. The maximum absolute atomic E-state index is 13.9. The number of hydrogen-bond acceptors (Lipinski definition) is 7. The molecule has 3 aliphatic rings. The summed E-state index contributed by atoms with van der Waals surface area (Å²) in [6, 6.07) is 3.09. The van der Waals surface area contributed by atoms with Gasteiger partial charge < -0.3 is 19.9 Å². The first-order chi connectivity index (χ1) is 18.2. The SMILES string of the molecule is CCOC1=C(N)N=CN(N2CCC(c3nc(-c4ccc(F)c(C(F)(F)F)c4)cn3CCN3CCC3)CC2)C1. The molecule has 2 saturated heterocycles. The number of imidazole rings is 1. The summed E-state index contributed by atoms with van der Waals surface area (Å²) in [6.07, 6.45) is 1.60. The summed E-state index contributed by atoms with van der Waals surface area (Å²) in [6.45, 7) is 8.15. The Labute approximate surface area is 219 Å². The number of nitrogens with two attached hydrogens (primary N) is 1. The fraction of sp³-hybridized carbons (Fsp3) is 0.538. The summed E-state index contributed by atoms with van der Waals surface area (Å²) < 4.78 is 61.6. The van der Waals surface area contributed by atoms with E-state index in [0.717, 1.165) is 63.5 Å². The normalized spacial score (nSPS) is 19.8. The fourth-order valence-corrected chi connectivity index (χ4v) is 5.15. The molecule has 12 heteroatoms. The van der Waals surface area contributed by atoms with Gasteiger partial charge in [-0.15, -0.1) is 0 Å². The van der Waals surface area contributed by atoms with Crippen LogP contribution in [-0.4, -0.2) is 76.7 Å². The van der Waals surface area contributed by atoms with Crippen LogP contribution in [0.5, 0.6) is 0 Å². The van der Waals surface area contributed by atoms with Gasteiger partial charge in [0.05, 0.1) is 24.4 Å². The first kappa shape index (κ1) is 26.5. The van der Waals surface area contributed by atoms with Crippen LogP contribution in [0.1, 0.15) is 43.5 Å². The highest BCUT2D eigenvalue weighted by molar-refractivity contribution is 5.60. The van der Waals surface area contributed by atoms with Gasteiger partial charge in [0.2, 0.25) is 0 Å². The van der Waals surface area contributed by atoms with Gasteiger partial charge in [0.15, 0.2) is 11.6 Å². The molecule has 3 aliphatic heterocycles. The van der Waals surface area contributed by atoms with Gasteiger partial charge in [0.25, 0.3) is 0 Å². The largest absolute Gasteiger partial charge is 0.492 e. The molecule has 2 fully saturated rings. The summed E-state index contributed by atoms with van der Waals surface area (Å²) in [7, 11) is 0. The molecule has 0 radical (unpaired) electrons. The van der Waals surface area contributed by atoms with Crippen LogP contribution < -0.4 is 5.73 Å². The Kier molecular flexibility index (Phi) is 7.62. The smallest absolute Gasteiger partial charge is 0.419 e. The topological polar surface area (TPSA) is 75.1 Å². The van der Waals surface area contributed by atoms with E-state index in [0.29, 0.717) is 37.0 Å². The van der Waals surface area contributed by atoms with Crippen molar-refractivity contribution in [1.29, 1.82) is 0 Å². The standard InChI is InChI=1S/C26H33F4N7O/c1-2-38-23-16-37(17-32-24(23)31)36-10-6-18(7-11-36)25-33-22(15-35(25)13-12-34-8-3-9-34)19-4-5-21(27)20(14-19)26(28,29)30/h4-5,14-15,17-18H,2-3,6-13,16,31H2,1H3. The van der Waals surface area contributed by atoms with Crippen LogP contribution in [-0.2, 0) is 17.5 Å². The molecule has 0 aliphatic carbocycles. The molecular formula is C26H33F4N7O. The predicted octanol–water partition coefficient (Wildman–Crippen LogP) is 4.02. The monoisotopic (exact) mass is 535 g/mol. The lowest BCUT2D eigenvalue weighted by Gasteiger charge is -2.40. The summed E-state index contributed by atoms with van der Waals surface area (Å²) in [5.74, 6) is 0.776. The number of ether oxygens (including phenoxy) is 1. The van der Waals surface area contributed by atoms with Gasteiger partial charge in [-0.05, 0) is 57.5 Å². The van der Waals surface area contributed by atoms with Crippen molar-refractivity contribution in [2.75, 3.05) is 45.9 Å². The van der Waals surface area contributed by atoms with Crippen molar-refractivity contribution in [1.82, 2.24) is 24.5 Å². The minimum Gasteiger partial charge on any atom is -0.492 e. The van der Waals surface area contributed by atoms with Crippen molar-refractivity contribution < 1.29 is 22.3 Å². The van der Waals surface area contributed by atoms with Crippen LogP contribution in [0, 0.1) is 5.82 Å². The van der Waals surface area contributed by atoms with Gasteiger partial charge in [0.1, 0.15) is 18.0 Å². The number of aliphatic imine (C=N–C) groups is 1. The second kappa shape index (κ2) is 10.9. The molecule has 1 aromatic heterocycles. The summed E-state index contributed by atoms with van der Waals surface area (Å²) in [5.41, 5.74) is 5.36. The number of benzene rings is 1. The third kappa shape index (κ3) is 5.65. The number of hydrogen-bond donors (Lipinski definition) is 1. The highest BCUT2D eigenvalue weighted by Crippen LogP contribution is 2.35. The maximum Gasteiger partial charge on any atom is 0.419 e. The summed E-state index contributed by atoms with van der Waals surface area (Å²) in [4.78, 5) is 11.4. The van der Waals surface area contributed by atoms with Gasteiger partial charge in [-0.3, -0.25) is 5.01 Å². The molecule has 0 amide bonds. The van der Waals surface area contributed by atoms with Crippen LogP contribution in [0.3, 0.4) is 0 Å². The highest BCUT2D eigenvalue weighted by Gasteiger charge is 2.35. The second-order valence-electron chi connectivity index (χ2n) is 9.88. The maximum atomic E-state index is 13.9.